The Kier molecular flexibility index (Phi) is 4.98. The van der Waals surface area contributed by atoms with Crippen LogP contribution < -0.4 is 15.4 Å². The van der Waals surface area contributed by atoms with Gasteiger partial charge in [0.1, 0.15) is 5.75 Å². The second-order valence-corrected chi connectivity index (χ2v) is 5.38. The number of rotatable bonds is 5. The van der Waals surface area contributed by atoms with Crippen molar-refractivity contribution in [1.82, 2.24) is 10.6 Å². The van der Waals surface area contributed by atoms with Crippen molar-refractivity contribution >= 4 is 5.91 Å². The monoisotopic (exact) mass is 278 g/mol. The summed E-state index contributed by atoms with van der Waals surface area (Å²) >= 11 is 0. The predicted molar refractivity (Wildman–Crippen MR) is 76.5 cm³/mol. The molecule has 0 aromatic heterocycles. The minimum atomic E-state index is -0.418. The second-order valence-electron chi connectivity index (χ2n) is 5.38. The van der Waals surface area contributed by atoms with E-state index >= 15 is 0 Å². The van der Waals surface area contributed by atoms with Gasteiger partial charge in [-0.2, -0.15) is 0 Å². The molecule has 1 heterocycles. The van der Waals surface area contributed by atoms with Crippen molar-refractivity contribution in [2.75, 3.05) is 6.54 Å². The van der Waals surface area contributed by atoms with Gasteiger partial charge >= 0.3 is 0 Å². The average Bonchev–Trinajstić information content (AvgIpc) is 2.84. The van der Waals surface area contributed by atoms with Gasteiger partial charge in [0.05, 0.1) is 18.2 Å². The first-order valence-corrected chi connectivity index (χ1v) is 6.99. The number of β-amino-alcohol motifs (C(OH)–C–C–N with tert-alkyl or cyclic N) is 1. The fourth-order valence-electron chi connectivity index (χ4n) is 2.19. The number of ether oxygens (including phenoxy) is 1. The number of benzene rings is 1. The summed E-state index contributed by atoms with van der Waals surface area (Å²) < 4.78 is 5.56. The summed E-state index contributed by atoms with van der Waals surface area (Å²) in [7, 11) is 0. The van der Waals surface area contributed by atoms with Crippen LogP contribution in [-0.4, -0.2) is 35.8 Å². The van der Waals surface area contributed by atoms with Crippen molar-refractivity contribution in [3.05, 3.63) is 29.8 Å². The van der Waals surface area contributed by atoms with E-state index in [9.17, 15) is 9.90 Å². The van der Waals surface area contributed by atoms with E-state index in [0.29, 0.717) is 19.5 Å². The Bertz CT molecular complexity index is 445. The summed E-state index contributed by atoms with van der Waals surface area (Å²) in [6.07, 6.45) is 0.214. The molecule has 3 N–H and O–H groups in total. The number of carbonyl (C=O) groups is 1. The maximum absolute atomic E-state index is 11.9. The Morgan fingerprint density at radius 1 is 1.45 bits per heavy atom. The fourth-order valence-corrected chi connectivity index (χ4v) is 2.19. The Hall–Kier alpha value is -1.59. The van der Waals surface area contributed by atoms with Gasteiger partial charge in [0.25, 0.3) is 0 Å². The Labute approximate surface area is 119 Å². The molecule has 1 saturated heterocycles. The van der Waals surface area contributed by atoms with Crippen molar-refractivity contribution in [3.63, 3.8) is 0 Å². The molecule has 0 bridgehead atoms. The Morgan fingerprint density at radius 3 is 2.70 bits per heavy atom. The highest BCUT2D eigenvalue weighted by Gasteiger charge is 2.27. The topological polar surface area (TPSA) is 70.6 Å². The minimum Gasteiger partial charge on any atom is -0.491 e. The SMILES string of the molecule is CC(C)Oc1ccc(CNC(=O)C2CC(O)CN2)cc1. The summed E-state index contributed by atoms with van der Waals surface area (Å²) in [5.41, 5.74) is 1.02. The molecule has 1 fully saturated rings. The number of hydrogen-bond donors (Lipinski definition) is 3. The Morgan fingerprint density at radius 2 is 2.15 bits per heavy atom. The smallest absolute Gasteiger partial charge is 0.237 e. The second kappa shape index (κ2) is 6.72. The lowest BCUT2D eigenvalue weighted by atomic mass is 10.1. The molecule has 5 heteroatoms. The average molecular weight is 278 g/mol. The Balaban J connectivity index is 1.80. The number of carbonyl (C=O) groups excluding carboxylic acids is 1. The van der Waals surface area contributed by atoms with Gasteiger partial charge < -0.3 is 20.5 Å². The quantitative estimate of drug-likeness (QED) is 0.745. The highest BCUT2D eigenvalue weighted by molar-refractivity contribution is 5.82. The number of aliphatic hydroxyl groups is 1. The van der Waals surface area contributed by atoms with E-state index in [2.05, 4.69) is 10.6 Å². The van der Waals surface area contributed by atoms with E-state index in [4.69, 9.17) is 4.74 Å². The largest absolute Gasteiger partial charge is 0.491 e. The van der Waals surface area contributed by atoms with Crippen LogP contribution in [0.1, 0.15) is 25.8 Å². The molecular weight excluding hydrogens is 256 g/mol. The molecule has 0 radical (unpaired) electrons. The molecule has 5 nitrogen and oxygen atoms in total. The van der Waals surface area contributed by atoms with Gasteiger partial charge in [-0.05, 0) is 38.0 Å². The molecular formula is C15H22N2O3. The number of amides is 1. The van der Waals surface area contributed by atoms with Crippen molar-refractivity contribution in [1.29, 1.82) is 0 Å². The summed E-state index contributed by atoms with van der Waals surface area (Å²) in [4.78, 5) is 11.9. The highest BCUT2D eigenvalue weighted by Crippen LogP contribution is 2.14. The maximum Gasteiger partial charge on any atom is 0.237 e. The molecule has 1 aliphatic rings. The standard InChI is InChI=1S/C15H22N2O3/c1-10(2)20-13-5-3-11(4-6-13)8-17-15(19)14-7-12(18)9-16-14/h3-6,10,12,14,16,18H,7-9H2,1-2H3,(H,17,19). The molecule has 1 aliphatic heterocycles. The van der Waals surface area contributed by atoms with Crippen molar-refractivity contribution in [2.45, 2.75) is 45.1 Å². The first-order chi connectivity index (χ1) is 9.54. The third-order valence-electron chi connectivity index (χ3n) is 3.19. The van der Waals surface area contributed by atoms with Crippen LogP contribution in [0.5, 0.6) is 5.75 Å². The van der Waals surface area contributed by atoms with Gasteiger partial charge in [-0.3, -0.25) is 4.79 Å². The van der Waals surface area contributed by atoms with Crippen molar-refractivity contribution < 1.29 is 14.6 Å². The summed E-state index contributed by atoms with van der Waals surface area (Å²) in [5, 5.41) is 15.2. The fraction of sp³-hybridized carbons (Fsp3) is 0.533. The number of hydrogen-bond acceptors (Lipinski definition) is 4. The van der Waals surface area contributed by atoms with Crippen LogP contribution in [0.4, 0.5) is 0 Å². The van der Waals surface area contributed by atoms with Gasteiger partial charge in [-0.15, -0.1) is 0 Å². The molecule has 0 aliphatic carbocycles. The lowest BCUT2D eigenvalue weighted by Crippen LogP contribution is -2.39. The zero-order valence-electron chi connectivity index (χ0n) is 11.9. The van der Waals surface area contributed by atoms with E-state index in [1.165, 1.54) is 0 Å². The van der Waals surface area contributed by atoms with E-state index < -0.39 is 6.10 Å². The summed E-state index contributed by atoms with van der Waals surface area (Å²) in [6, 6.07) is 7.40. The van der Waals surface area contributed by atoms with Crippen LogP contribution in [0.25, 0.3) is 0 Å². The molecule has 20 heavy (non-hydrogen) atoms. The predicted octanol–water partition coefficient (Wildman–Crippen LogP) is 0.813. The molecule has 0 spiro atoms. The van der Waals surface area contributed by atoms with Crippen LogP contribution in [0.2, 0.25) is 0 Å². The van der Waals surface area contributed by atoms with Crippen LogP contribution in [0.15, 0.2) is 24.3 Å². The molecule has 2 rings (SSSR count). The lowest BCUT2D eigenvalue weighted by Gasteiger charge is -2.12. The van der Waals surface area contributed by atoms with Gasteiger partial charge in [0, 0.05) is 13.1 Å². The molecule has 1 aromatic rings. The lowest BCUT2D eigenvalue weighted by molar-refractivity contribution is -0.123. The summed E-state index contributed by atoms with van der Waals surface area (Å²) in [5.74, 6) is 0.764. The zero-order valence-corrected chi connectivity index (χ0v) is 11.9. The molecule has 110 valence electrons. The maximum atomic E-state index is 11.9. The van der Waals surface area contributed by atoms with Crippen LogP contribution in [0.3, 0.4) is 0 Å². The van der Waals surface area contributed by atoms with Crippen molar-refractivity contribution in [2.24, 2.45) is 0 Å². The normalized spacial score (nSPS) is 22.0. The molecule has 2 atom stereocenters. The third-order valence-corrected chi connectivity index (χ3v) is 3.19. The van der Waals surface area contributed by atoms with E-state index in [1.807, 2.05) is 38.1 Å². The van der Waals surface area contributed by atoms with Crippen molar-refractivity contribution in [3.8, 4) is 5.75 Å². The zero-order chi connectivity index (χ0) is 14.5. The first kappa shape index (κ1) is 14.8. The van der Waals surface area contributed by atoms with Gasteiger partial charge in [0.15, 0.2) is 0 Å². The van der Waals surface area contributed by atoms with Crippen LogP contribution >= 0.6 is 0 Å². The number of aliphatic hydroxyl groups excluding tert-OH is 1. The highest BCUT2D eigenvalue weighted by atomic mass is 16.5. The van der Waals surface area contributed by atoms with Crippen LogP contribution in [-0.2, 0) is 11.3 Å². The van der Waals surface area contributed by atoms with E-state index in [1.54, 1.807) is 0 Å². The van der Waals surface area contributed by atoms with Gasteiger partial charge in [-0.1, -0.05) is 12.1 Å². The summed E-state index contributed by atoms with van der Waals surface area (Å²) in [6.45, 7) is 4.93. The van der Waals surface area contributed by atoms with Crippen LogP contribution in [0, 0.1) is 0 Å². The van der Waals surface area contributed by atoms with Gasteiger partial charge in [0.2, 0.25) is 5.91 Å². The van der Waals surface area contributed by atoms with E-state index in [0.717, 1.165) is 11.3 Å². The minimum absolute atomic E-state index is 0.0657. The third kappa shape index (κ3) is 4.21. The molecule has 2 unspecified atom stereocenters. The van der Waals surface area contributed by atoms with E-state index in [-0.39, 0.29) is 18.1 Å². The molecule has 1 amide bonds. The molecule has 0 saturated carbocycles. The number of nitrogens with one attached hydrogen (secondary N) is 2. The first-order valence-electron chi connectivity index (χ1n) is 6.99. The molecule has 1 aromatic carbocycles. The van der Waals surface area contributed by atoms with Gasteiger partial charge in [-0.25, -0.2) is 0 Å².